The summed E-state index contributed by atoms with van der Waals surface area (Å²) in [6.45, 7) is 3.32. The zero-order valence-electron chi connectivity index (χ0n) is 15.9. The lowest BCUT2D eigenvalue weighted by atomic mass is 10.2. The van der Waals surface area contributed by atoms with Crippen LogP contribution < -0.4 is 19.6 Å². The molecular formula is C19H23N3O5S. The van der Waals surface area contributed by atoms with Crippen LogP contribution in [0.3, 0.4) is 0 Å². The molecule has 0 atom stereocenters. The minimum Gasteiger partial charge on any atom is -0.493 e. The minimum atomic E-state index is -3.76. The van der Waals surface area contributed by atoms with Crippen molar-refractivity contribution >= 4 is 22.1 Å². The van der Waals surface area contributed by atoms with Gasteiger partial charge in [0.15, 0.2) is 11.5 Å². The Morgan fingerprint density at radius 1 is 1.14 bits per heavy atom. The van der Waals surface area contributed by atoms with E-state index in [9.17, 15) is 13.2 Å². The van der Waals surface area contributed by atoms with Crippen LogP contribution in [0.15, 0.2) is 58.5 Å². The zero-order valence-corrected chi connectivity index (χ0v) is 16.7. The fourth-order valence-electron chi connectivity index (χ4n) is 2.21. The van der Waals surface area contributed by atoms with Gasteiger partial charge < -0.3 is 9.47 Å². The highest BCUT2D eigenvalue weighted by atomic mass is 32.2. The first-order valence-corrected chi connectivity index (χ1v) is 10.0. The number of benzene rings is 2. The molecule has 0 aliphatic carbocycles. The average molecular weight is 405 g/mol. The van der Waals surface area contributed by atoms with Gasteiger partial charge in [-0.2, -0.15) is 5.10 Å². The van der Waals surface area contributed by atoms with E-state index in [0.717, 1.165) is 0 Å². The number of sulfonamides is 1. The Balaban J connectivity index is 1.98. The molecule has 0 aliphatic rings. The molecule has 1 amide bonds. The number of hydrogen-bond donors (Lipinski definition) is 2. The minimum absolute atomic E-state index is 0.0783. The Morgan fingerprint density at radius 2 is 1.86 bits per heavy atom. The number of hydrazone groups is 1. The molecule has 0 aliphatic heterocycles. The fraction of sp³-hybridized carbons (Fsp3) is 0.263. The molecular weight excluding hydrogens is 382 g/mol. The lowest BCUT2D eigenvalue weighted by molar-refractivity contribution is -0.119. The molecule has 0 saturated heterocycles. The quantitative estimate of drug-likeness (QED) is 0.490. The number of hydrogen-bond acceptors (Lipinski definition) is 6. The van der Waals surface area contributed by atoms with Crippen molar-refractivity contribution in [1.82, 2.24) is 10.1 Å². The van der Waals surface area contributed by atoms with Gasteiger partial charge in [-0.05, 0) is 38.1 Å². The molecule has 0 heterocycles. The van der Waals surface area contributed by atoms with Gasteiger partial charge >= 0.3 is 0 Å². The van der Waals surface area contributed by atoms with Crippen LogP contribution in [0.5, 0.6) is 11.5 Å². The number of nitrogens with one attached hydrogen (secondary N) is 2. The second kappa shape index (κ2) is 9.86. The SMILES string of the molecule is COc1cccc(/C=N\NC(=O)CNS(=O)(=O)c2ccccc2)c1OC(C)C. The third-order valence-electron chi connectivity index (χ3n) is 3.45. The maximum absolute atomic E-state index is 12.1. The summed E-state index contributed by atoms with van der Waals surface area (Å²) in [4.78, 5) is 12.0. The Hall–Kier alpha value is -2.91. The van der Waals surface area contributed by atoms with E-state index in [1.807, 2.05) is 13.8 Å². The van der Waals surface area contributed by atoms with Crippen LogP contribution in [-0.2, 0) is 14.8 Å². The molecule has 0 aromatic heterocycles. The molecule has 0 radical (unpaired) electrons. The predicted octanol–water partition coefficient (Wildman–Crippen LogP) is 1.91. The molecule has 0 spiro atoms. The molecule has 2 aromatic rings. The van der Waals surface area contributed by atoms with E-state index in [1.54, 1.807) is 36.4 Å². The first-order valence-electron chi connectivity index (χ1n) is 8.53. The third kappa shape index (κ3) is 6.07. The molecule has 8 nitrogen and oxygen atoms in total. The van der Waals surface area contributed by atoms with Gasteiger partial charge in [-0.1, -0.05) is 24.3 Å². The zero-order chi connectivity index (χ0) is 20.6. The third-order valence-corrected chi connectivity index (χ3v) is 4.87. The van der Waals surface area contributed by atoms with E-state index in [2.05, 4.69) is 15.2 Å². The van der Waals surface area contributed by atoms with E-state index < -0.39 is 22.5 Å². The Kier molecular flexibility index (Phi) is 7.53. The Bertz CT molecular complexity index is 928. The number of methoxy groups -OCH3 is 1. The summed E-state index contributed by atoms with van der Waals surface area (Å²) in [5.74, 6) is 0.437. The first kappa shape index (κ1) is 21.4. The summed E-state index contributed by atoms with van der Waals surface area (Å²) in [5.41, 5.74) is 2.89. The standard InChI is InChI=1S/C19H23N3O5S/c1-14(2)27-19-15(8-7-11-17(19)26-3)12-20-22-18(23)13-21-28(24,25)16-9-5-4-6-10-16/h4-12,14,21H,13H2,1-3H3,(H,22,23)/b20-12-. The van der Waals surface area contributed by atoms with Crippen molar-refractivity contribution in [2.24, 2.45) is 5.10 Å². The second-order valence-electron chi connectivity index (χ2n) is 5.98. The number of ether oxygens (including phenoxy) is 2. The summed E-state index contributed by atoms with van der Waals surface area (Å²) < 4.78 is 37.4. The lowest BCUT2D eigenvalue weighted by Gasteiger charge is -2.15. The average Bonchev–Trinajstić information content (AvgIpc) is 2.68. The van der Waals surface area contributed by atoms with Crippen molar-refractivity contribution in [2.75, 3.05) is 13.7 Å². The summed E-state index contributed by atoms with van der Waals surface area (Å²) >= 11 is 0. The number of carbonyl (C=O) groups excluding carboxylic acids is 1. The summed E-state index contributed by atoms with van der Waals surface area (Å²) in [6, 6.07) is 13.1. The number of para-hydroxylation sites is 1. The monoisotopic (exact) mass is 405 g/mol. The van der Waals surface area contributed by atoms with Gasteiger partial charge in [0, 0.05) is 5.56 Å². The number of rotatable bonds is 9. The van der Waals surface area contributed by atoms with Gasteiger partial charge in [0.25, 0.3) is 5.91 Å². The van der Waals surface area contributed by atoms with E-state index in [0.29, 0.717) is 17.1 Å². The van der Waals surface area contributed by atoms with E-state index in [-0.39, 0.29) is 11.0 Å². The molecule has 0 saturated carbocycles. The maximum atomic E-state index is 12.1. The van der Waals surface area contributed by atoms with Crippen molar-refractivity contribution in [1.29, 1.82) is 0 Å². The largest absolute Gasteiger partial charge is 0.493 e. The van der Waals surface area contributed by atoms with Crippen molar-refractivity contribution < 1.29 is 22.7 Å². The lowest BCUT2D eigenvalue weighted by Crippen LogP contribution is -2.34. The highest BCUT2D eigenvalue weighted by Crippen LogP contribution is 2.30. The van der Waals surface area contributed by atoms with E-state index >= 15 is 0 Å². The van der Waals surface area contributed by atoms with Crippen LogP contribution in [-0.4, -0.2) is 40.3 Å². The predicted molar refractivity (Wildman–Crippen MR) is 106 cm³/mol. The second-order valence-corrected chi connectivity index (χ2v) is 7.74. The van der Waals surface area contributed by atoms with Crippen molar-refractivity contribution in [2.45, 2.75) is 24.8 Å². The normalized spacial score (nSPS) is 11.6. The van der Waals surface area contributed by atoms with E-state index in [4.69, 9.17) is 9.47 Å². The van der Waals surface area contributed by atoms with Crippen molar-refractivity contribution in [3.05, 3.63) is 54.1 Å². The van der Waals surface area contributed by atoms with Crippen LogP contribution in [0.4, 0.5) is 0 Å². The molecule has 28 heavy (non-hydrogen) atoms. The number of nitrogens with zero attached hydrogens (tertiary/aromatic N) is 1. The van der Waals surface area contributed by atoms with Crippen LogP contribution in [0.25, 0.3) is 0 Å². The van der Waals surface area contributed by atoms with Crippen molar-refractivity contribution in [3.63, 3.8) is 0 Å². The van der Waals surface area contributed by atoms with Gasteiger partial charge in [-0.15, -0.1) is 0 Å². The van der Waals surface area contributed by atoms with Gasteiger partial charge in [0.1, 0.15) is 0 Å². The van der Waals surface area contributed by atoms with Crippen LogP contribution >= 0.6 is 0 Å². The van der Waals surface area contributed by atoms with Crippen molar-refractivity contribution in [3.8, 4) is 11.5 Å². The Labute approximate surface area is 164 Å². The van der Waals surface area contributed by atoms with E-state index in [1.165, 1.54) is 25.5 Å². The smallest absolute Gasteiger partial charge is 0.255 e. The van der Waals surface area contributed by atoms with Crippen LogP contribution in [0.2, 0.25) is 0 Å². The summed E-state index contributed by atoms with van der Waals surface area (Å²) in [7, 11) is -2.23. The van der Waals surface area contributed by atoms with Gasteiger partial charge in [0.05, 0.1) is 30.9 Å². The van der Waals surface area contributed by atoms with Gasteiger partial charge in [0.2, 0.25) is 10.0 Å². The topological polar surface area (TPSA) is 106 Å². The molecule has 150 valence electrons. The Morgan fingerprint density at radius 3 is 2.50 bits per heavy atom. The molecule has 2 aromatic carbocycles. The molecule has 0 fully saturated rings. The first-order chi connectivity index (χ1) is 13.3. The van der Waals surface area contributed by atoms with Gasteiger partial charge in [-0.3, -0.25) is 4.79 Å². The molecule has 2 rings (SSSR count). The summed E-state index contributed by atoms with van der Waals surface area (Å²) in [5, 5.41) is 3.86. The van der Waals surface area contributed by atoms with Gasteiger partial charge in [-0.25, -0.2) is 18.6 Å². The number of amides is 1. The fourth-order valence-corrected chi connectivity index (χ4v) is 3.22. The highest BCUT2D eigenvalue weighted by molar-refractivity contribution is 7.89. The molecule has 2 N–H and O–H groups in total. The molecule has 0 bridgehead atoms. The maximum Gasteiger partial charge on any atom is 0.255 e. The van der Waals surface area contributed by atoms with Crippen LogP contribution in [0, 0.1) is 0 Å². The molecule has 0 unspecified atom stereocenters. The molecule has 9 heteroatoms. The van der Waals surface area contributed by atoms with Crippen LogP contribution in [0.1, 0.15) is 19.4 Å². The summed E-state index contributed by atoms with van der Waals surface area (Å²) in [6.07, 6.45) is 1.33. The number of carbonyl (C=O) groups is 1. The highest BCUT2D eigenvalue weighted by Gasteiger charge is 2.15.